The Kier molecular flexibility index (Phi) is 6.21. The van der Waals surface area contributed by atoms with Gasteiger partial charge in [-0.15, -0.1) is 0 Å². The third-order valence-electron chi connectivity index (χ3n) is 5.07. The monoisotopic (exact) mass is 392 g/mol. The van der Waals surface area contributed by atoms with Crippen molar-refractivity contribution in [3.05, 3.63) is 29.7 Å². The molecule has 1 saturated heterocycles. The molecule has 1 aliphatic heterocycles. The third kappa shape index (κ3) is 4.22. The molecule has 0 radical (unpaired) electrons. The van der Waals surface area contributed by atoms with E-state index in [0.29, 0.717) is 16.3 Å². The van der Waals surface area contributed by atoms with Gasteiger partial charge in [0, 0.05) is 24.2 Å². The van der Waals surface area contributed by atoms with Crippen LogP contribution in [0.3, 0.4) is 0 Å². The topological polar surface area (TPSA) is 94.0 Å². The van der Waals surface area contributed by atoms with E-state index in [1.807, 2.05) is 12.3 Å². The molecule has 0 saturated carbocycles. The SMILES string of the molecule is CCCC1(CN)CCN(c2cnc(Sc3ccnc(N)c3Cl)cn2)CC1. The fourth-order valence-electron chi connectivity index (χ4n) is 3.45. The lowest BCUT2D eigenvalue weighted by atomic mass is 9.75. The van der Waals surface area contributed by atoms with Crippen LogP contribution in [0.25, 0.3) is 0 Å². The predicted octanol–water partition coefficient (Wildman–Crippen LogP) is 3.60. The van der Waals surface area contributed by atoms with E-state index in [1.54, 1.807) is 12.4 Å². The Balaban J connectivity index is 1.64. The van der Waals surface area contributed by atoms with E-state index in [-0.39, 0.29) is 0 Å². The molecule has 140 valence electrons. The highest BCUT2D eigenvalue weighted by Crippen LogP contribution is 2.37. The van der Waals surface area contributed by atoms with Crippen LogP contribution in [0.2, 0.25) is 5.02 Å². The Bertz CT molecular complexity index is 731. The zero-order valence-electron chi connectivity index (χ0n) is 15.0. The number of anilines is 2. The fourth-order valence-corrected chi connectivity index (χ4v) is 4.44. The standard InChI is InChI=1S/C18H25ClN6S/c1-2-4-18(12-20)5-8-25(9-6-18)14-10-24-15(11-23-14)26-13-3-7-22-17(21)16(13)19/h3,7,10-11H,2,4-6,8-9,12,20H2,1H3,(H2,21,22). The maximum Gasteiger partial charge on any atom is 0.147 e. The lowest BCUT2D eigenvalue weighted by Crippen LogP contribution is -2.44. The highest BCUT2D eigenvalue weighted by molar-refractivity contribution is 7.99. The molecular weight excluding hydrogens is 368 g/mol. The molecule has 8 heteroatoms. The number of piperidine rings is 1. The van der Waals surface area contributed by atoms with Crippen LogP contribution in [0.1, 0.15) is 32.6 Å². The Morgan fingerprint density at radius 2 is 2.00 bits per heavy atom. The largest absolute Gasteiger partial charge is 0.382 e. The summed E-state index contributed by atoms with van der Waals surface area (Å²) in [6.07, 6.45) is 9.86. The molecule has 0 aliphatic carbocycles. The highest BCUT2D eigenvalue weighted by atomic mass is 35.5. The minimum atomic E-state index is 0.298. The summed E-state index contributed by atoms with van der Waals surface area (Å²) < 4.78 is 0. The van der Waals surface area contributed by atoms with Gasteiger partial charge in [0.05, 0.1) is 17.4 Å². The Morgan fingerprint density at radius 1 is 1.23 bits per heavy atom. The first-order valence-electron chi connectivity index (χ1n) is 8.92. The predicted molar refractivity (Wildman–Crippen MR) is 108 cm³/mol. The third-order valence-corrected chi connectivity index (χ3v) is 6.56. The summed E-state index contributed by atoms with van der Waals surface area (Å²) in [5, 5.41) is 1.23. The highest BCUT2D eigenvalue weighted by Gasteiger charge is 2.32. The van der Waals surface area contributed by atoms with E-state index >= 15 is 0 Å². The van der Waals surface area contributed by atoms with E-state index in [9.17, 15) is 0 Å². The van der Waals surface area contributed by atoms with Crippen LogP contribution < -0.4 is 16.4 Å². The first kappa shape index (κ1) is 19.2. The van der Waals surface area contributed by atoms with E-state index in [0.717, 1.165) is 48.2 Å². The van der Waals surface area contributed by atoms with Gasteiger partial charge >= 0.3 is 0 Å². The molecule has 6 nitrogen and oxygen atoms in total. The van der Waals surface area contributed by atoms with Gasteiger partial charge in [-0.3, -0.25) is 0 Å². The van der Waals surface area contributed by atoms with E-state index in [4.69, 9.17) is 23.1 Å². The molecule has 0 amide bonds. The summed E-state index contributed by atoms with van der Waals surface area (Å²) in [5.74, 6) is 1.24. The van der Waals surface area contributed by atoms with Gasteiger partial charge in [0.2, 0.25) is 0 Å². The van der Waals surface area contributed by atoms with Crippen LogP contribution in [-0.4, -0.2) is 34.6 Å². The molecule has 4 N–H and O–H groups in total. The first-order valence-corrected chi connectivity index (χ1v) is 10.1. The molecule has 0 spiro atoms. The van der Waals surface area contributed by atoms with Gasteiger partial charge in [0.15, 0.2) is 0 Å². The van der Waals surface area contributed by atoms with Crippen molar-refractivity contribution in [2.75, 3.05) is 30.3 Å². The fraction of sp³-hybridized carbons (Fsp3) is 0.500. The number of aromatic nitrogens is 3. The number of rotatable bonds is 6. The van der Waals surface area contributed by atoms with Crippen molar-refractivity contribution in [2.45, 2.75) is 42.5 Å². The molecule has 0 bridgehead atoms. The molecule has 3 rings (SSSR count). The number of nitrogens with zero attached hydrogens (tertiary/aromatic N) is 4. The lowest BCUT2D eigenvalue weighted by molar-refractivity contribution is 0.207. The normalized spacial score (nSPS) is 16.7. The lowest BCUT2D eigenvalue weighted by Gasteiger charge is -2.41. The zero-order valence-corrected chi connectivity index (χ0v) is 16.6. The van der Waals surface area contributed by atoms with Gasteiger partial charge in [-0.25, -0.2) is 15.0 Å². The maximum atomic E-state index is 6.19. The van der Waals surface area contributed by atoms with Crippen LogP contribution in [0.5, 0.6) is 0 Å². The molecule has 1 fully saturated rings. The Labute approximate surface area is 163 Å². The second-order valence-electron chi connectivity index (χ2n) is 6.76. The second-order valence-corrected chi connectivity index (χ2v) is 8.20. The number of nitrogens with two attached hydrogens (primary N) is 2. The smallest absolute Gasteiger partial charge is 0.147 e. The van der Waals surface area contributed by atoms with Crippen LogP contribution in [0.4, 0.5) is 11.6 Å². The van der Waals surface area contributed by atoms with Gasteiger partial charge in [0.1, 0.15) is 16.7 Å². The van der Waals surface area contributed by atoms with Gasteiger partial charge in [-0.05, 0) is 37.3 Å². The number of hydrogen-bond acceptors (Lipinski definition) is 7. The van der Waals surface area contributed by atoms with Gasteiger partial charge in [-0.1, -0.05) is 36.7 Å². The van der Waals surface area contributed by atoms with E-state index in [1.165, 1.54) is 24.6 Å². The van der Waals surface area contributed by atoms with Crippen molar-refractivity contribution in [1.82, 2.24) is 15.0 Å². The maximum absolute atomic E-state index is 6.19. The molecule has 0 unspecified atom stereocenters. The van der Waals surface area contributed by atoms with Gasteiger partial charge < -0.3 is 16.4 Å². The van der Waals surface area contributed by atoms with Gasteiger partial charge in [0.25, 0.3) is 0 Å². The van der Waals surface area contributed by atoms with Crippen molar-refractivity contribution in [1.29, 1.82) is 0 Å². The molecule has 3 heterocycles. The second kappa shape index (κ2) is 8.41. The average molecular weight is 393 g/mol. The Morgan fingerprint density at radius 3 is 2.62 bits per heavy atom. The van der Waals surface area contributed by atoms with Crippen LogP contribution in [-0.2, 0) is 0 Å². The molecule has 1 aliphatic rings. The summed E-state index contributed by atoms with van der Waals surface area (Å²) in [5.41, 5.74) is 12.1. The quantitative estimate of drug-likeness (QED) is 0.775. The zero-order chi connectivity index (χ0) is 18.6. The summed E-state index contributed by atoms with van der Waals surface area (Å²) >= 11 is 7.62. The van der Waals surface area contributed by atoms with E-state index < -0.39 is 0 Å². The molecular formula is C18H25ClN6S. The van der Waals surface area contributed by atoms with Crippen molar-refractivity contribution in [3.8, 4) is 0 Å². The molecule has 0 atom stereocenters. The van der Waals surface area contributed by atoms with E-state index in [2.05, 4.69) is 26.8 Å². The summed E-state index contributed by atoms with van der Waals surface area (Å²) in [6, 6.07) is 1.82. The first-order chi connectivity index (χ1) is 12.6. The van der Waals surface area contributed by atoms with Gasteiger partial charge in [-0.2, -0.15) is 0 Å². The van der Waals surface area contributed by atoms with Crippen molar-refractivity contribution >= 4 is 35.0 Å². The van der Waals surface area contributed by atoms with Crippen molar-refractivity contribution < 1.29 is 0 Å². The molecule has 2 aromatic heterocycles. The number of pyridine rings is 1. The van der Waals surface area contributed by atoms with Crippen LogP contribution in [0, 0.1) is 5.41 Å². The Hall–Kier alpha value is -1.57. The molecule has 2 aromatic rings. The summed E-state index contributed by atoms with van der Waals surface area (Å²) in [6.45, 7) is 4.95. The summed E-state index contributed by atoms with van der Waals surface area (Å²) in [7, 11) is 0. The number of halogens is 1. The van der Waals surface area contributed by atoms with Crippen LogP contribution in [0.15, 0.2) is 34.6 Å². The minimum absolute atomic E-state index is 0.298. The minimum Gasteiger partial charge on any atom is -0.382 e. The summed E-state index contributed by atoms with van der Waals surface area (Å²) in [4.78, 5) is 16.2. The number of nitrogen functional groups attached to an aromatic ring is 1. The van der Waals surface area contributed by atoms with Crippen molar-refractivity contribution in [2.24, 2.45) is 11.1 Å². The van der Waals surface area contributed by atoms with Crippen molar-refractivity contribution in [3.63, 3.8) is 0 Å². The van der Waals surface area contributed by atoms with Crippen LogP contribution >= 0.6 is 23.4 Å². The molecule has 0 aromatic carbocycles. The number of hydrogen-bond donors (Lipinski definition) is 2. The molecule has 26 heavy (non-hydrogen) atoms. The average Bonchev–Trinajstić information content (AvgIpc) is 2.67.